The molecule has 1 saturated heterocycles. The fraction of sp³-hybridized carbons (Fsp3) is 0.692. The van der Waals surface area contributed by atoms with Gasteiger partial charge in [0.2, 0.25) is 11.8 Å². The summed E-state index contributed by atoms with van der Waals surface area (Å²) in [6, 6.07) is -0.795. The second kappa shape index (κ2) is 5.22. The summed E-state index contributed by atoms with van der Waals surface area (Å²) in [7, 11) is 1.27. The van der Waals surface area contributed by atoms with Crippen LogP contribution >= 0.6 is 0 Å². The number of imide groups is 2. The van der Waals surface area contributed by atoms with Crippen LogP contribution in [0.2, 0.25) is 0 Å². The Morgan fingerprint density at radius 2 is 1.90 bits per heavy atom. The molecule has 1 aliphatic heterocycles. The number of carboxylic acid groups (broad SMARTS) is 1. The minimum absolute atomic E-state index is 0.324. The van der Waals surface area contributed by atoms with E-state index in [1.165, 1.54) is 7.05 Å². The highest BCUT2D eigenvalue weighted by Crippen LogP contribution is 2.44. The van der Waals surface area contributed by atoms with Gasteiger partial charge in [-0.05, 0) is 18.8 Å². The molecule has 2 rings (SSSR count). The number of nitrogens with zero attached hydrogens (tertiary/aromatic N) is 1. The molecule has 4 amide bonds. The molecule has 110 valence electrons. The van der Waals surface area contributed by atoms with Crippen LogP contribution in [0.3, 0.4) is 0 Å². The number of carbonyl (C=O) groups is 4. The van der Waals surface area contributed by atoms with Gasteiger partial charge in [-0.25, -0.2) is 4.79 Å². The van der Waals surface area contributed by atoms with Crippen LogP contribution in [0.4, 0.5) is 4.79 Å². The molecule has 2 fully saturated rings. The van der Waals surface area contributed by atoms with E-state index in [4.69, 9.17) is 5.11 Å². The Morgan fingerprint density at radius 1 is 1.30 bits per heavy atom. The molecule has 7 heteroatoms. The summed E-state index contributed by atoms with van der Waals surface area (Å²) in [5.74, 6) is -2.99. The van der Waals surface area contributed by atoms with Crippen molar-refractivity contribution in [3.8, 4) is 0 Å². The molecule has 0 aromatic heterocycles. The van der Waals surface area contributed by atoms with Crippen molar-refractivity contribution in [2.45, 2.75) is 38.5 Å². The fourth-order valence-electron chi connectivity index (χ4n) is 3.28. The molecule has 1 saturated carbocycles. The van der Waals surface area contributed by atoms with E-state index in [0.29, 0.717) is 12.8 Å². The Bertz CT molecular complexity index is 469. The van der Waals surface area contributed by atoms with Crippen molar-refractivity contribution in [2.75, 3.05) is 7.05 Å². The highest BCUT2D eigenvalue weighted by Gasteiger charge is 2.58. The third-order valence-electron chi connectivity index (χ3n) is 4.35. The first kappa shape index (κ1) is 14.5. The molecule has 0 spiro atoms. The van der Waals surface area contributed by atoms with Crippen molar-refractivity contribution >= 4 is 23.8 Å². The molecular weight excluding hydrogens is 264 g/mol. The zero-order valence-corrected chi connectivity index (χ0v) is 11.3. The third-order valence-corrected chi connectivity index (χ3v) is 4.35. The summed E-state index contributed by atoms with van der Waals surface area (Å²) in [6.45, 7) is 0. The molecule has 0 aromatic carbocycles. The molecular formula is C13H18N2O5. The van der Waals surface area contributed by atoms with Crippen LogP contribution in [-0.4, -0.2) is 40.9 Å². The van der Waals surface area contributed by atoms with Crippen molar-refractivity contribution in [3.63, 3.8) is 0 Å². The first-order chi connectivity index (χ1) is 9.39. The van der Waals surface area contributed by atoms with Gasteiger partial charge in [-0.1, -0.05) is 19.3 Å². The molecule has 0 bridgehead atoms. The van der Waals surface area contributed by atoms with Crippen molar-refractivity contribution in [1.82, 2.24) is 10.2 Å². The van der Waals surface area contributed by atoms with Crippen molar-refractivity contribution in [3.05, 3.63) is 0 Å². The van der Waals surface area contributed by atoms with Gasteiger partial charge in [0.25, 0.3) is 0 Å². The second-order valence-electron chi connectivity index (χ2n) is 5.50. The maximum absolute atomic E-state index is 12.5. The monoisotopic (exact) mass is 282 g/mol. The number of amides is 4. The first-order valence-corrected chi connectivity index (χ1v) is 6.75. The number of carbonyl (C=O) groups excluding carboxylic acids is 3. The lowest BCUT2D eigenvalue weighted by atomic mass is 9.64. The van der Waals surface area contributed by atoms with E-state index in [1.807, 2.05) is 0 Å². The number of carboxylic acids is 1. The van der Waals surface area contributed by atoms with Crippen LogP contribution in [0.5, 0.6) is 0 Å². The molecule has 0 radical (unpaired) electrons. The number of nitrogens with one attached hydrogen (secondary N) is 1. The highest BCUT2D eigenvalue weighted by molar-refractivity contribution is 6.20. The van der Waals surface area contributed by atoms with Crippen LogP contribution < -0.4 is 5.32 Å². The average molecular weight is 282 g/mol. The molecule has 1 unspecified atom stereocenters. The Balaban J connectivity index is 2.43. The van der Waals surface area contributed by atoms with Gasteiger partial charge in [-0.15, -0.1) is 0 Å². The van der Waals surface area contributed by atoms with Gasteiger partial charge in [0.1, 0.15) is 5.41 Å². The maximum Gasteiger partial charge on any atom is 0.330 e. The number of hydrogen-bond acceptors (Lipinski definition) is 4. The van der Waals surface area contributed by atoms with Gasteiger partial charge in [0, 0.05) is 7.05 Å². The molecule has 7 nitrogen and oxygen atoms in total. The standard InChI is InChI=1S/C13H18N2O5/c1-15-11(19)13(7-9(16)17,10(18)14-12(15)20)8-5-3-2-4-6-8/h8H,2-7H2,1H3,(H,16,17)(H,14,18,20). The van der Waals surface area contributed by atoms with Crippen LogP contribution in [0.15, 0.2) is 0 Å². The minimum Gasteiger partial charge on any atom is -0.481 e. The van der Waals surface area contributed by atoms with Crippen molar-refractivity contribution < 1.29 is 24.3 Å². The number of barbiturate groups is 1. The summed E-state index contributed by atoms with van der Waals surface area (Å²) in [5, 5.41) is 11.2. The topological polar surface area (TPSA) is 104 Å². The van der Waals surface area contributed by atoms with E-state index in [-0.39, 0.29) is 5.92 Å². The van der Waals surface area contributed by atoms with Gasteiger partial charge in [0.05, 0.1) is 6.42 Å². The zero-order valence-electron chi connectivity index (χ0n) is 11.3. The number of hydrogen-bond donors (Lipinski definition) is 2. The lowest BCUT2D eigenvalue weighted by Gasteiger charge is -2.43. The zero-order chi connectivity index (χ0) is 14.9. The predicted molar refractivity (Wildman–Crippen MR) is 67.6 cm³/mol. The minimum atomic E-state index is -1.64. The van der Waals surface area contributed by atoms with E-state index in [9.17, 15) is 19.2 Å². The molecule has 20 heavy (non-hydrogen) atoms. The Kier molecular flexibility index (Phi) is 3.78. The number of urea groups is 1. The van der Waals surface area contributed by atoms with Crippen LogP contribution in [0.25, 0.3) is 0 Å². The highest BCUT2D eigenvalue weighted by atomic mass is 16.4. The summed E-state index contributed by atoms with van der Waals surface area (Å²) in [5.41, 5.74) is -1.64. The van der Waals surface area contributed by atoms with E-state index >= 15 is 0 Å². The summed E-state index contributed by atoms with van der Waals surface area (Å²) < 4.78 is 0. The number of aliphatic carboxylic acids is 1. The van der Waals surface area contributed by atoms with Crippen LogP contribution in [-0.2, 0) is 14.4 Å². The van der Waals surface area contributed by atoms with E-state index in [2.05, 4.69) is 5.32 Å². The van der Waals surface area contributed by atoms with Gasteiger partial charge in [0.15, 0.2) is 0 Å². The Labute approximate surface area is 116 Å². The number of rotatable bonds is 3. The normalized spacial score (nSPS) is 28.4. The quantitative estimate of drug-likeness (QED) is 0.743. The van der Waals surface area contributed by atoms with Gasteiger partial charge < -0.3 is 5.11 Å². The van der Waals surface area contributed by atoms with Gasteiger partial charge >= 0.3 is 12.0 Å². The summed E-state index contributed by atoms with van der Waals surface area (Å²) in [4.78, 5) is 48.2. The molecule has 1 atom stereocenters. The molecule has 0 aromatic rings. The van der Waals surface area contributed by atoms with Crippen LogP contribution in [0, 0.1) is 11.3 Å². The third kappa shape index (κ3) is 2.17. The maximum atomic E-state index is 12.5. The summed E-state index contributed by atoms with van der Waals surface area (Å²) in [6.07, 6.45) is 3.45. The Morgan fingerprint density at radius 3 is 2.45 bits per heavy atom. The van der Waals surface area contributed by atoms with Crippen molar-refractivity contribution in [1.29, 1.82) is 0 Å². The molecule has 2 N–H and O–H groups in total. The Hall–Kier alpha value is -1.92. The smallest absolute Gasteiger partial charge is 0.330 e. The van der Waals surface area contributed by atoms with Crippen molar-refractivity contribution in [2.24, 2.45) is 11.3 Å². The van der Waals surface area contributed by atoms with E-state index < -0.39 is 35.7 Å². The summed E-state index contributed by atoms with van der Waals surface area (Å²) >= 11 is 0. The largest absolute Gasteiger partial charge is 0.481 e. The fourth-order valence-corrected chi connectivity index (χ4v) is 3.28. The molecule has 2 aliphatic rings. The second-order valence-corrected chi connectivity index (χ2v) is 5.50. The SMILES string of the molecule is CN1C(=O)NC(=O)C(CC(=O)O)(C2CCCCC2)C1=O. The van der Waals surface area contributed by atoms with E-state index in [0.717, 1.165) is 24.2 Å². The van der Waals surface area contributed by atoms with Crippen LogP contribution in [0.1, 0.15) is 38.5 Å². The van der Waals surface area contributed by atoms with Gasteiger partial charge in [-0.3, -0.25) is 24.6 Å². The lowest BCUT2D eigenvalue weighted by Crippen LogP contribution is -2.65. The average Bonchev–Trinajstić information content (AvgIpc) is 2.42. The van der Waals surface area contributed by atoms with E-state index in [1.54, 1.807) is 0 Å². The lowest BCUT2D eigenvalue weighted by molar-refractivity contribution is -0.163. The predicted octanol–water partition coefficient (Wildman–Crippen LogP) is 0.736. The molecule has 1 aliphatic carbocycles. The molecule has 1 heterocycles. The van der Waals surface area contributed by atoms with Gasteiger partial charge in [-0.2, -0.15) is 0 Å². The first-order valence-electron chi connectivity index (χ1n) is 6.75.